The molecule has 32 heavy (non-hydrogen) atoms. The first-order chi connectivity index (χ1) is 15.4. The van der Waals surface area contributed by atoms with E-state index in [4.69, 9.17) is 10.5 Å². The van der Waals surface area contributed by atoms with Crippen molar-refractivity contribution < 1.29 is 13.9 Å². The Morgan fingerprint density at radius 3 is 2.88 bits per heavy atom. The lowest BCUT2D eigenvalue weighted by atomic mass is 9.85. The highest BCUT2D eigenvalue weighted by Gasteiger charge is 2.31. The average molecular weight is 439 g/mol. The van der Waals surface area contributed by atoms with Crippen molar-refractivity contribution in [1.82, 2.24) is 25.9 Å². The van der Waals surface area contributed by atoms with E-state index in [1.807, 2.05) is 6.07 Å². The third kappa shape index (κ3) is 3.62. The number of aromatic nitrogens is 1. The van der Waals surface area contributed by atoms with Crippen LogP contribution in [0.3, 0.4) is 0 Å². The fourth-order valence-electron chi connectivity index (χ4n) is 4.44. The van der Waals surface area contributed by atoms with Crippen LogP contribution in [0.1, 0.15) is 53.8 Å². The summed E-state index contributed by atoms with van der Waals surface area (Å²) in [6.07, 6.45) is 4.79. The van der Waals surface area contributed by atoms with Gasteiger partial charge in [-0.15, -0.1) is 5.53 Å². The number of likely N-dealkylation sites (N-methyl/N-ethyl adjacent to an activating group) is 1. The second kappa shape index (κ2) is 7.98. The molecule has 1 aromatic carbocycles. The summed E-state index contributed by atoms with van der Waals surface area (Å²) in [5.74, 6) is 0.618. The van der Waals surface area contributed by atoms with Gasteiger partial charge in [0.15, 0.2) is 11.6 Å². The maximum Gasteiger partial charge on any atom is 0.254 e. The first-order valence-electron chi connectivity index (χ1n) is 10.9. The van der Waals surface area contributed by atoms with Crippen molar-refractivity contribution in [3.63, 3.8) is 0 Å². The molecule has 168 valence electrons. The summed E-state index contributed by atoms with van der Waals surface area (Å²) in [7, 11) is 1.74. The van der Waals surface area contributed by atoms with E-state index in [9.17, 15) is 9.18 Å². The van der Waals surface area contributed by atoms with Crippen LogP contribution in [0.2, 0.25) is 0 Å². The number of nitrogens with one attached hydrogen (secondary N) is 2. The molecule has 1 saturated carbocycles. The zero-order chi connectivity index (χ0) is 22.4. The summed E-state index contributed by atoms with van der Waals surface area (Å²) in [5.41, 5.74) is 16.0. The number of carbonyl (C=O) groups excluding carboxylic acids is 1. The molecular weight excluding hydrogens is 411 g/mol. The molecule has 1 atom stereocenters. The Labute approximate surface area is 186 Å². The molecule has 1 fully saturated rings. The number of amides is 1. The van der Waals surface area contributed by atoms with Crippen LogP contribution in [0.15, 0.2) is 36.2 Å². The summed E-state index contributed by atoms with van der Waals surface area (Å²) >= 11 is 0. The minimum atomic E-state index is -0.601. The van der Waals surface area contributed by atoms with Crippen LogP contribution >= 0.6 is 0 Å². The van der Waals surface area contributed by atoms with Gasteiger partial charge in [-0.25, -0.2) is 9.37 Å². The van der Waals surface area contributed by atoms with Gasteiger partial charge in [0, 0.05) is 36.5 Å². The third-order valence-corrected chi connectivity index (χ3v) is 6.45. The molecule has 5 rings (SSSR count). The number of halogens is 1. The van der Waals surface area contributed by atoms with Crippen LogP contribution in [-0.4, -0.2) is 40.9 Å². The van der Waals surface area contributed by atoms with Crippen molar-refractivity contribution in [2.24, 2.45) is 5.92 Å². The number of nitrogen functional groups attached to an aromatic ring is 1. The highest BCUT2D eigenvalue weighted by molar-refractivity contribution is 5.96. The van der Waals surface area contributed by atoms with Crippen molar-refractivity contribution >= 4 is 17.4 Å². The molecule has 1 aliphatic carbocycles. The van der Waals surface area contributed by atoms with Gasteiger partial charge in [-0.05, 0) is 49.9 Å². The van der Waals surface area contributed by atoms with E-state index in [0.717, 1.165) is 23.5 Å². The number of pyridine rings is 1. The highest BCUT2D eigenvalue weighted by atomic mass is 19.1. The second-order valence-electron chi connectivity index (χ2n) is 8.73. The summed E-state index contributed by atoms with van der Waals surface area (Å²) in [6.45, 7) is 2.96. The van der Waals surface area contributed by atoms with Crippen molar-refractivity contribution in [3.05, 3.63) is 58.7 Å². The molecule has 4 N–H and O–H groups in total. The standard InChI is InChI=1S/C23H27FN6O2/c1-13-18-9-16(24)6-7-17(18)23(31)29(2)12-19-21(15-8-20(32-13)22(25)26-10-15)30(28-27-19)11-14-4-3-5-14/h6-10,13-14,27-28H,3-5,11-12H2,1-2H3,(H2,25,26)/t13-/m1/s1. The topological polar surface area (TPSA) is 95.8 Å². The average Bonchev–Trinajstić information content (AvgIpc) is 3.13. The molecule has 0 saturated heterocycles. The highest BCUT2D eigenvalue weighted by Crippen LogP contribution is 2.36. The van der Waals surface area contributed by atoms with Crippen molar-refractivity contribution in [2.75, 3.05) is 25.9 Å². The number of fused-ring (bicyclic) bond motifs is 4. The van der Waals surface area contributed by atoms with Crippen LogP contribution in [-0.2, 0) is 0 Å². The van der Waals surface area contributed by atoms with Gasteiger partial charge in [0.2, 0.25) is 0 Å². The van der Waals surface area contributed by atoms with E-state index in [0.29, 0.717) is 29.3 Å². The molecule has 0 unspecified atom stereocenters. The van der Waals surface area contributed by atoms with E-state index >= 15 is 0 Å². The van der Waals surface area contributed by atoms with E-state index < -0.39 is 11.9 Å². The van der Waals surface area contributed by atoms with Gasteiger partial charge < -0.3 is 20.8 Å². The lowest BCUT2D eigenvalue weighted by Crippen LogP contribution is -2.42. The minimum absolute atomic E-state index is 0.211. The molecule has 2 bridgehead atoms. The van der Waals surface area contributed by atoms with Gasteiger partial charge >= 0.3 is 0 Å². The fourth-order valence-corrected chi connectivity index (χ4v) is 4.44. The SMILES string of the molecule is C[C@H]1Oc2cc(cnc2N)C2=C(CN(C)C(=O)c3ccc(F)cc31)NNN2CC1CCC1. The lowest BCUT2D eigenvalue weighted by molar-refractivity contribution is 0.0799. The number of hydrazine groups is 2. The maximum atomic E-state index is 14.1. The molecule has 3 heterocycles. The molecule has 1 amide bonds. The van der Waals surface area contributed by atoms with Gasteiger partial charge in [-0.2, -0.15) is 0 Å². The number of rotatable bonds is 2. The van der Waals surface area contributed by atoms with Crippen LogP contribution in [0.25, 0.3) is 5.70 Å². The fraction of sp³-hybridized carbons (Fsp3) is 0.391. The van der Waals surface area contributed by atoms with Gasteiger partial charge in [-0.1, -0.05) is 6.42 Å². The van der Waals surface area contributed by atoms with Gasteiger partial charge in [0.05, 0.1) is 17.9 Å². The lowest BCUT2D eigenvalue weighted by Gasteiger charge is -2.32. The Balaban J connectivity index is 1.62. The molecule has 0 radical (unpaired) electrons. The molecule has 2 aromatic rings. The largest absolute Gasteiger partial charge is 0.482 e. The Morgan fingerprint density at radius 1 is 1.31 bits per heavy atom. The number of nitrogens with two attached hydrogens (primary N) is 1. The quantitative estimate of drug-likeness (QED) is 0.664. The van der Waals surface area contributed by atoms with Crippen LogP contribution in [0.4, 0.5) is 10.2 Å². The summed E-state index contributed by atoms with van der Waals surface area (Å²) < 4.78 is 20.2. The number of nitrogens with zero attached hydrogens (tertiary/aromatic N) is 3. The Hall–Kier alpha value is -3.33. The van der Waals surface area contributed by atoms with E-state index in [1.165, 1.54) is 37.5 Å². The predicted octanol–water partition coefficient (Wildman–Crippen LogP) is 2.82. The minimum Gasteiger partial charge on any atom is -0.482 e. The first-order valence-corrected chi connectivity index (χ1v) is 10.9. The number of anilines is 1. The normalized spacial score (nSPS) is 21.1. The molecule has 3 aliphatic rings. The molecular formula is C23H27FN6O2. The zero-order valence-electron chi connectivity index (χ0n) is 18.2. The van der Waals surface area contributed by atoms with Crippen LogP contribution < -0.4 is 21.4 Å². The van der Waals surface area contributed by atoms with Crippen molar-refractivity contribution in [2.45, 2.75) is 32.3 Å². The number of hydrogen-bond acceptors (Lipinski definition) is 7. The van der Waals surface area contributed by atoms with Gasteiger partial charge in [0.1, 0.15) is 11.9 Å². The molecule has 9 heteroatoms. The number of hydrogen-bond donors (Lipinski definition) is 3. The Morgan fingerprint density at radius 2 is 2.12 bits per heavy atom. The molecule has 2 aliphatic heterocycles. The Kier molecular flexibility index (Phi) is 5.13. The smallest absolute Gasteiger partial charge is 0.254 e. The van der Waals surface area contributed by atoms with E-state index in [2.05, 4.69) is 21.0 Å². The van der Waals surface area contributed by atoms with Crippen molar-refractivity contribution in [3.8, 4) is 5.75 Å². The predicted molar refractivity (Wildman–Crippen MR) is 118 cm³/mol. The summed E-state index contributed by atoms with van der Waals surface area (Å²) in [6, 6.07) is 6.00. The molecule has 8 nitrogen and oxygen atoms in total. The summed E-state index contributed by atoms with van der Waals surface area (Å²) in [4.78, 5) is 19.3. The van der Waals surface area contributed by atoms with Gasteiger partial charge in [-0.3, -0.25) is 9.80 Å². The number of ether oxygens (including phenoxy) is 1. The zero-order valence-corrected chi connectivity index (χ0v) is 18.2. The first kappa shape index (κ1) is 20.6. The van der Waals surface area contributed by atoms with Gasteiger partial charge in [0.25, 0.3) is 5.91 Å². The molecule has 0 spiro atoms. The van der Waals surface area contributed by atoms with Crippen LogP contribution in [0, 0.1) is 11.7 Å². The number of benzene rings is 1. The van der Waals surface area contributed by atoms with Crippen LogP contribution in [0.5, 0.6) is 5.75 Å². The maximum absolute atomic E-state index is 14.1. The van der Waals surface area contributed by atoms with E-state index in [-0.39, 0.29) is 11.7 Å². The van der Waals surface area contributed by atoms with E-state index in [1.54, 1.807) is 25.1 Å². The number of carbonyl (C=O) groups is 1. The third-order valence-electron chi connectivity index (χ3n) is 6.45. The Bertz CT molecular complexity index is 1100. The molecule has 1 aromatic heterocycles. The summed E-state index contributed by atoms with van der Waals surface area (Å²) in [5, 5.41) is 2.08. The second-order valence-corrected chi connectivity index (χ2v) is 8.73. The monoisotopic (exact) mass is 438 g/mol. The van der Waals surface area contributed by atoms with Crippen molar-refractivity contribution in [1.29, 1.82) is 0 Å².